The Morgan fingerprint density at radius 3 is 2.63 bits per heavy atom. The first-order valence-corrected chi connectivity index (χ1v) is 10.7. The third-order valence-electron chi connectivity index (χ3n) is 6.22. The van der Waals surface area contributed by atoms with Crippen LogP contribution < -0.4 is 5.32 Å². The molecule has 0 aliphatic carbocycles. The first-order chi connectivity index (χ1) is 13.2. The molecule has 0 saturated carbocycles. The van der Waals surface area contributed by atoms with E-state index in [1.807, 2.05) is 7.05 Å². The molecule has 3 fully saturated rings. The van der Waals surface area contributed by atoms with Crippen molar-refractivity contribution in [3.05, 3.63) is 0 Å². The largest absolute Gasteiger partial charge is 0.376 e. The number of ether oxygens (including phenoxy) is 2. The minimum atomic E-state index is 0.317. The molecule has 3 saturated heterocycles. The predicted molar refractivity (Wildman–Crippen MR) is 109 cm³/mol. The zero-order valence-corrected chi connectivity index (χ0v) is 17.5. The van der Waals surface area contributed by atoms with Crippen LogP contribution in [0.1, 0.15) is 32.1 Å². The summed E-state index contributed by atoms with van der Waals surface area (Å²) in [6, 6.07) is 0.539. The van der Waals surface area contributed by atoms with E-state index in [1.165, 1.54) is 12.8 Å². The smallest absolute Gasteiger partial charge is 0.193 e. The summed E-state index contributed by atoms with van der Waals surface area (Å²) in [5.41, 5.74) is 0. The number of likely N-dealkylation sites (tertiary alicyclic amines) is 1. The molecule has 3 rings (SSSR count). The number of aliphatic imine (C=N–C) groups is 1. The number of nitrogens with one attached hydrogen (secondary N) is 1. The highest BCUT2D eigenvalue weighted by molar-refractivity contribution is 5.80. The molecule has 3 aliphatic rings. The Hall–Kier alpha value is -0.890. The fraction of sp³-hybridized carbons (Fsp3) is 0.950. The highest BCUT2D eigenvalue weighted by Crippen LogP contribution is 2.18. The molecule has 0 radical (unpaired) electrons. The van der Waals surface area contributed by atoms with Crippen molar-refractivity contribution in [2.75, 3.05) is 73.6 Å². The average molecular weight is 382 g/mol. The summed E-state index contributed by atoms with van der Waals surface area (Å²) in [6.07, 6.45) is 6.45. The first-order valence-electron chi connectivity index (χ1n) is 10.7. The molecular formula is C20H39N5O2. The number of piperazine rings is 1. The Balaban J connectivity index is 1.36. The van der Waals surface area contributed by atoms with Crippen molar-refractivity contribution >= 4 is 5.96 Å². The second-order valence-electron chi connectivity index (χ2n) is 8.33. The van der Waals surface area contributed by atoms with Crippen molar-refractivity contribution in [2.45, 2.75) is 50.4 Å². The van der Waals surface area contributed by atoms with Gasteiger partial charge in [0.05, 0.1) is 18.8 Å². The molecule has 0 aromatic carbocycles. The lowest BCUT2D eigenvalue weighted by Gasteiger charge is -2.39. The monoisotopic (exact) mass is 381 g/mol. The van der Waals surface area contributed by atoms with Crippen LogP contribution in [0.15, 0.2) is 4.99 Å². The van der Waals surface area contributed by atoms with Crippen LogP contribution in [0.2, 0.25) is 0 Å². The second kappa shape index (κ2) is 10.6. The van der Waals surface area contributed by atoms with Gasteiger partial charge >= 0.3 is 0 Å². The van der Waals surface area contributed by atoms with Gasteiger partial charge in [0, 0.05) is 59.0 Å². The van der Waals surface area contributed by atoms with Gasteiger partial charge < -0.3 is 24.6 Å². The van der Waals surface area contributed by atoms with E-state index in [9.17, 15) is 0 Å². The Labute approximate surface area is 165 Å². The summed E-state index contributed by atoms with van der Waals surface area (Å²) in [7, 11) is 6.32. The Morgan fingerprint density at radius 1 is 1.11 bits per heavy atom. The number of hydrogen-bond donors (Lipinski definition) is 1. The van der Waals surface area contributed by atoms with Crippen LogP contribution in [0.4, 0.5) is 0 Å². The van der Waals surface area contributed by atoms with Gasteiger partial charge in [0.2, 0.25) is 0 Å². The fourth-order valence-electron chi connectivity index (χ4n) is 4.28. The van der Waals surface area contributed by atoms with Crippen LogP contribution in [0.3, 0.4) is 0 Å². The van der Waals surface area contributed by atoms with E-state index in [1.54, 1.807) is 0 Å². The van der Waals surface area contributed by atoms with Crippen LogP contribution in [-0.2, 0) is 9.47 Å². The molecule has 7 heteroatoms. The summed E-state index contributed by atoms with van der Waals surface area (Å²) < 4.78 is 11.9. The average Bonchev–Trinajstić information content (AvgIpc) is 2.71. The highest BCUT2D eigenvalue weighted by atomic mass is 16.5. The van der Waals surface area contributed by atoms with Crippen molar-refractivity contribution in [3.8, 4) is 0 Å². The lowest BCUT2D eigenvalue weighted by Crippen LogP contribution is -2.56. The second-order valence-corrected chi connectivity index (χ2v) is 8.33. The zero-order chi connectivity index (χ0) is 19.1. The van der Waals surface area contributed by atoms with Gasteiger partial charge in [-0.1, -0.05) is 0 Å². The number of piperidine rings is 1. The molecule has 3 heterocycles. The normalized spacial score (nSPS) is 29.9. The first kappa shape index (κ1) is 20.8. The molecule has 0 amide bonds. The third kappa shape index (κ3) is 6.31. The van der Waals surface area contributed by atoms with Gasteiger partial charge in [-0.2, -0.15) is 0 Å². The topological polar surface area (TPSA) is 52.6 Å². The molecule has 156 valence electrons. The van der Waals surface area contributed by atoms with E-state index in [-0.39, 0.29) is 0 Å². The van der Waals surface area contributed by atoms with Crippen LogP contribution in [0, 0.1) is 0 Å². The maximum atomic E-state index is 6.14. The van der Waals surface area contributed by atoms with E-state index in [2.05, 4.69) is 39.1 Å². The van der Waals surface area contributed by atoms with Gasteiger partial charge in [-0.25, -0.2) is 0 Å². The van der Waals surface area contributed by atoms with Crippen molar-refractivity contribution in [1.82, 2.24) is 20.0 Å². The van der Waals surface area contributed by atoms with E-state index in [0.29, 0.717) is 18.2 Å². The number of rotatable bonds is 5. The van der Waals surface area contributed by atoms with Crippen LogP contribution in [0.25, 0.3) is 0 Å². The van der Waals surface area contributed by atoms with Gasteiger partial charge in [0.1, 0.15) is 0 Å². The van der Waals surface area contributed by atoms with Gasteiger partial charge in [-0.15, -0.1) is 0 Å². The minimum absolute atomic E-state index is 0.317. The SMILES string of the molecule is CN=C(NCC1CN(C)CCN1C)N1CCC(OCC2CCCCO2)CC1. The Morgan fingerprint density at radius 2 is 1.93 bits per heavy atom. The molecule has 7 nitrogen and oxygen atoms in total. The number of nitrogens with zero attached hydrogens (tertiary/aromatic N) is 4. The summed E-state index contributed by atoms with van der Waals surface area (Å²) in [4.78, 5) is 11.8. The predicted octanol–water partition coefficient (Wildman–Crippen LogP) is 0.858. The quantitative estimate of drug-likeness (QED) is 0.563. The molecule has 2 atom stereocenters. The van der Waals surface area contributed by atoms with Crippen LogP contribution >= 0.6 is 0 Å². The molecule has 2 unspecified atom stereocenters. The number of hydrogen-bond acceptors (Lipinski definition) is 5. The molecule has 0 aromatic heterocycles. The van der Waals surface area contributed by atoms with Crippen molar-refractivity contribution in [1.29, 1.82) is 0 Å². The lowest BCUT2D eigenvalue weighted by molar-refractivity contribution is -0.0721. The summed E-state index contributed by atoms with van der Waals surface area (Å²) >= 11 is 0. The lowest BCUT2D eigenvalue weighted by atomic mass is 10.1. The summed E-state index contributed by atoms with van der Waals surface area (Å²) in [5.74, 6) is 1.03. The highest BCUT2D eigenvalue weighted by Gasteiger charge is 2.26. The third-order valence-corrected chi connectivity index (χ3v) is 6.22. The molecule has 27 heavy (non-hydrogen) atoms. The van der Waals surface area contributed by atoms with Crippen LogP contribution in [-0.4, -0.2) is 113 Å². The molecule has 1 N–H and O–H groups in total. The number of likely N-dealkylation sites (N-methyl/N-ethyl adjacent to an activating group) is 2. The maximum Gasteiger partial charge on any atom is 0.193 e. The van der Waals surface area contributed by atoms with Gasteiger partial charge in [0.15, 0.2) is 5.96 Å². The van der Waals surface area contributed by atoms with E-state index in [4.69, 9.17) is 9.47 Å². The van der Waals surface area contributed by atoms with E-state index in [0.717, 1.165) is 77.7 Å². The minimum Gasteiger partial charge on any atom is -0.376 e. The fourth-order valence-corrected chi connectivity index (χ4v) is 4.28. The van der Waals surface area contributed by atoms with E-state index >= 15 is 0 Å². The molecule has 0 spiro atoms. The van der Waals surface area contributed by atoms with Crippen molar-refractivity contribution < 1.29 is 9.47 Å². The molecule has 0 bridgehead atoms. The maximum absolute atomic E-state index is 6.14. The van der Waals surface area contributed by atoms with Gasteiger partial charge in [-0.3, -0.25) is 9.89 Å². The van der Waals surface area contributed by atoms with Crippen molar-refractivity contribution in [2.24, 2.45) is 4.99 Å². The van der Waals surface area contributed by atoms with Crippen LogP contribution in [0.5, 0.6) is 0 Å². The van der Waals surface area contributed by atoms with Gasteiger partial charge in [-0.05, 0) is 46.2 Å². The Bertz CT molecular complexity index is 461. The van der Waals surface area contributed by atoms with E-state index < -0.39 is 0 Å². The zero-order valence-electron chi connectivity index (χ0n) is 17.5. The standard InChI is InChI=1S/C20H39N5O2/c1-21-20(22-14-17-15-23(2)11-12-24(17)3)25-9-7-18(8-10-25)27-16-19-6-4-5-13-26-19/h17-19H,4-16H2,1-3H3,(H,21,22). The molecule has 0 aromatic rings. The number of guanidine groups is 1. The summed E-state index contributed by atoms with van der Waals surface area (Å²) in [6.45, 7) is 8.03. The Kier molecular flexibility index (Phi) is 8.18. The van der Waals surface area contributed by atoms with Gasteiger partial charge in [0.25, 0.3) is 0 Å². The molecule has 3 aliphatic heterocycles. The van der Waals surface area contributed by atoms with Crippen molar-refractivity contribution in [3.63, 3.8) is 0 Å². The summed E-state index contributed by atoms with van der Waals surface area (Å²) in [5, 5.41) is 3.61. The molecular weight excluding hydrogens is 342 g/mol.